The van der Waals surface area contributed by atoms with Gasteiger partial charge >= 0.3 is 0 Å². The largest absolute Gasteiger partial charge is 0.312 e. The highest BCUT2D eigenvalue weighted by atomic mass is 35.5. The zero-order valence-electron chi connectivity index (χ0n) is 10.1. The van der Waals surface area contributed by atoms with Crippen LogP contribution < -0.4 is 15.2 Å². The van der Waals surface area contributed by atoms with Gasteiger partial charge in [0.2, 0.25) is 0 Å². The molecular formula is C11H15Cl2N3O2S. The smallest absolute Gasteiger partial charge is 0.274 e. The van der Waals surface area contributed by atoms with E-state index >= 15 is 0 Å². The molecule has 0 saturated carbocycles. The molecule has 0 amide bonds. The second-order valence-corrected chi connectivity index (χ2v) is 6.72. The van der Waals surface area contributed by atoms with Crippen LogP contribution in [-0.4, -0.2) is 27.5 Å². The van der Waals surface area contributed by atoms with Gasteiger partial charge in [0.05, 0.1) is 10.0 Å². The van der Waals surface area contributed by atoms with Gasteiger partial charge in [-0.3, -0.25) is 0 Å². The van der Waals surface area contributed by atoms with Gasteiger partial charge in [0.15, 0.2) is 0 Å². The second-order valence-electron chi connectivity index (χ2n) is 4.52. The quantitative estimate of drug-likeness (QED) is 0.779. The lowest BCUT2D eigenvalue weighted by atomic mass is 9.92. The maximum atomic E-state index is 10.9. The van der Waals surface area contributed by atoms with E-state index in [-0.39, 0.29) is 18.5 Å². The molecule has 1 aliphatic rings. The van der Waals surface area contributed by atoms with Crippen molar-refractivity contribution in [3.8, 4) is 0 Å². The van der Waals surface area contributed by atoms with Crippen LogP contribution in [0.15, 0.2) is 18.2 Å². The van der Waals surface area contributed by atoms with Gasteiger partial charge in [-0.15, -0.1) is 0 Å². The first-order valence-corrected chi connectivity index (χ1v) is 8.13. The zero-order valence-corrected chi connectivity index (χ0v) is 12.4. The summed E-state index contributed by atoms with van der Waals surface area (Å²) >= 11 is 11.9. The molecule has 8 heteroatoms. The summed E-state index contributed by atoms with van der Waals surface area (Å²) in [7, 11) is -3.67. The molecule has 0 aliphatic carbocycles. The molecule has 2 rings (SSSR count). The molecule has 0 aromatic heterocycles. The Balaban J connectivity index is 2.11. The minimum absolute atomic E-state index is 0.00410. The Bertz CT molecular complexity index is 565. The third-order valence-electron chi connectivity index (χ3n) is 3.22. The first-order chi connectivity index (χ1) is 8.87. The van der Waals surface area contributed by atoms with Crippen molar-refractivity contribution in [1.29, 1.82) is 0 Å². The van der Waals surface area contributed by atoms with Gasteiger partial charge < -0.3 is 5.32 Å². The van der Waals surface area contributed by atoms with Crippen molar-refractivity contribution < 1.29 is 8.42 Å². The zero-order chi connectivity index (χ0) is 14.0. The van der Waals surface area contributed by atoms with Crippen molar-refractivity contribution in [3.05, 3.63) is 33.8 Å². The lowest BCUT2D eigenvalue weighted by Crippen LogP contribution is -2.42. The molecule has 0 radical (unpaired) electrons. The Labute approximate surface area is 122 Å². The molecular weight excluding hydrogens is 309 g/mol. The molecule has 1 aliphatic heterocycles. The molecule has 0 bridgehead atoms. The summed E-state index contributed by atoms with van der Waals surface area (Å²) in [6.45, 7) is 1.08. The standard InChI is InChI=1S/C11H15Cl2N3O2S/c12-9-2-1-7(5-10(9)13)8-3-4-15-11(8)6-16-19(14,17)18/h1-2,5,8,11,15-16H,3-4,6H2,(H2,14,17,18)/t8-,11+/m0/s1. The summed E-state index contributed by atoms with van der Waals surface area (Å²) in [5, 5.41) is 9.20. The van der Waals surface area contributed by atoms with E-state index in [1.807, 2.05) is 12.1 Å². The first-order valence-electron chi connectivity index (χ1n) is 5.82. The molecule has 1 heterocycles. The van der Waals surface area contributed by atoms with Crippen LogP contribution in [0.4, 0.5) is 0 Å². The highest BCUT2D eigenvalue weighted by Crippen LogP contribution is 2.32. The van der Waals surface area contributed by atoms with Crippen LogP contribution >= 0.6 is 23.2 Å². The van der Waals surface area contributed by atoms with Crippen LogP contribution in [-0.2, 0) is 10.2 Å². The maximum Gasteiger partial charge on any atom is 0.274 e. The number of halogens is 2. The number of rotatable bonds is 4. The van der Waals surface area contributed by atoms with Crippen LogP contribution in [0.2, 0.25) is 10.0 Å². The third kappa shape index (κ3) is 4.05. The SMILES string of the molecule is NS(=O)(=O)NC[C@H]1NCC[C@H]1c1ccc(Cl)c(Cl)c1. The van der Waals surface area contributed by atoms with Crippen molar-refractivity contribution in [2.24, 2.45) is 5.14 Å². The number of hydrogen-bond acceptors (Lipinski definition) is 3. The second kappa shape index (κ2) is 5.95. The van der Waals surface area contributed by atoms with E-state index in [2.05, 4.69) is 10.0 Å². The molecule has 0 unspecified atom stereocenters. The molecule has 19 heavy (non-hydrogen) atoms. The number of nitrogens with one attached hydrogen (secondary N) is 2. The molecule has 2 atom stereocenters. The van der Waals surface area contributed by atoms with Crippen molar-refractivity contribution >= 4 is 33.4 Å². The average molecular weight is 324 g/mol. The van der Waals surface area contributed by atoms with E-state index in [1.165, 1.54) is 0 Å². The Morgan fingerprint density at radius 2 is 2.11 bits per heavy atom. The molecule has 1 saturated heterocycles. The van der Waals surface area contributed by atoms with Crippen molar-refractivity contribution in [2.45, 2.75) is 18.4 Å². The van der Waals surface area contributed by atoms with Gasteiger partial charge in [0.25, 0.3) is 10.2 Å². The lowest BCUT2D eigenvalue weighted by molar-refractivity contribution is 0.522. The minimum atomic E-state index is -3.67. The fourth-order valence-corrected chi connectivity index (χ4v) is 3.05. The third-order valence-corrected chi connectivity index (χ3v) is 4.53. The maximum absolute atomic E-state index is 10.9. The Morgan fingerprint density at radius 1 is 1.37 bits per heavy atom. The summed E-state index contributed by atoms with van der Waals surface area (Å²) in [6, 6.07) is 5.49. The Kier molecular flexibility index (Phi) is 4.70. The van der Waals surface area contributed by atoms with Gasteiger partial charge in [-0.1, -0.05) is 29.3 Å². The van der Waals surface area contributed by atoms with Crippen LogP contribution in [0.25, 0.3) is 0 Å². The summed E-state index contributed by atoms with van der Waals surface area (Å²) < 4.78 is 24.2. The van der Waals surface area contributed by atoms with Crippen LogP contribution in [0.3, 0.4) is 0 Å². The Hall–Kier alpha value is -0.370. The van der Waals surface area contributed by atoms with E-state index in [9.17, 15) is 8.42 Å². The van der Waals surface area contributed by atoms with Gasteiger partial charge in [-0.2, -0.15) is 8.42 Å². The lowest BCUT2D eigenvalue weighted by Gasteiger charge is -2.20. The molecule has 4 N–H and O–H groups in total. The molecule has 0 spiro atoms. The Morgan fingerprint density at radius 3 is 2.74 bits per heavy atom. The van der Waals surface area contributed by atoms with Crippen LogP contribution in [0.1, 0.15) is 17.9 Å². The van der Waals surface area contributed by atoms with Crippen molar-refractivity contribution in [3.63, 3.8) is 0 Å². The molecule has 1 fully saturated rings. The first kappa shape index (κ1) is 15.0. The predicted molar refractivity (Wildman–Crippen MR) is 76.7 cm³/mol. The van der Waals surface area contributed by atoms with Crippen LogP contribution in [0.5, 0.6) is 0 Å². The molecule has 106 valence electrons. The minimum Gasteiger partial charge on any atom is -0.312 e. The van der Waals surface area contributed by atoms with Gasteiger partial charge in [-0.25, -0.2) is 9.86 Å². The van der Waals surface area contributed by atoms with E-state index in [0.717, 1.165) is 18.5 Å². The van der Waals surface area contributed by atoms with Crippen LogP contribution in [0, 0.1) is 0 Å². The van der Waals surface area contributed by atoms with E-state index in [1.54, 1.807) is 6.07 Å². The van der Waals surface area contributed by atoms with Gasteiger partial charge in [-0.05, 0) is 30.7 Å². The molecule has 1 aromatic carbocycles. The van der Waals surface area contributed by atoms with Gasteiger partial charge in [0.1, 0.15) is 0 Å². The monoisotopic (exact) mass is 323 g/mol. The van der Waals surface area contributed by atoms with Crippen molar-refractivity contribution in [2.75, 3.05) is 13.1 Å². The average Bonchev–Trinajstić information content (AvgIpc) is 2.77. The fourth-order valence-electron chi connectivity index (χ4n) is 2.33. The molecule has 5 nitrogen and oxygen atoms in total. The highest BCUT2D eigenvalue weighted by molar-refractivity contribution is 7.87. The molecule has 1 aromatic rings. The van der Waals surface area contributed by atoms with E-state index < -0.39 is 10.2 Å². The number of hydrogen-bond donors (Lipinski definition) is 3. The number of benzene rings is 1. The van der Waals surface area contributed by atoms with E-state index in [4.69, 9.17) is 28.3 Å². The van der Waals surface area contributed by atoms with Gasteiger partial charge in [0, 0.05) is 18.5 Å². The van der Waals surface area contributed by atoms with Crippen molar-refractivity contribution in [1.82, 2.24) is 10.0 Å². The highest BCUT2D eigenvalue weighted by Gasteiger charge is 2.29. The summed E-state index contributed by atoms with van der Waals surface area (Å²) in [5.41, 5.74) is 1.04. The predicted octanol–water partition coefficient (Wildman–Crippen LogP) is 1.23. The normalized spacial score (nSPS) is 23.7. The van der Waals surface area contributed by atoms with E-state index in [0.29, 0.717) is 10.0 Å². The summed E-state index contributed by atoms with van der Waals surface area (Å²) in [6.07, 6.45) is 0.912. The summed E-state index contributed by atoms with van der Waals surface area (Å²) in [4.78, 5) is 0. The summed E-state index contributed by atoms with van der Waals surface area (Å²) in [5.74, 6) is 0.184. The number of nitrogens with two attached hydrogens (primary N) is 1. The fraction of sp³-hybridized carbons (Fsp3) is 0.455. The topological polar surface area (TPSA) is 84.2 Å².